The Morgan fingerprint density at radius 1 is 1.53 bits per heavy atom. The molecule has 0 unspecified atom stereocenters. The molecule has 0 saturated heterocycles. The lowest BCUT2D eigenvalue weighted by Crippen LogP contribution is -2.20. The van der Waals surface area contributed by atoms with Crippen LogP contribution >= 0.6 is 11.6 Å². The lowest BCUT2D eigenvalue weighted by Gasteiger charge is -2.25. The summed E-state index contributed by atoms with van der Waals surface area (Å²) in [5.74, 6) is -0.493. The molecule has 0 aliphatic carbocycles. The van der Waals surface area contributed by atoms with Gasteiger partial charge in [0.25, 0.3) is 0 Å². The van der Waals surface area contributed by atoms with Crippen molar-refractivity contribution in [2.45, 2.75) is 0 Å². The van der Waals surface area contributed by atoms with E-state index in [0.717, 1.165) is 6.54 Å². The second-order valence-corrected chi connectivity index (χ2v) is 3.73. The first-order valence-electron chi connectivity index (χ1n) is 4.58. The van der Waals surface area contributed by atoms with Gasteiger partial charge in [-0.1, -0.05) is 17.7 Å². The average molecular weight is 225 g/mol. The summed E-state index contributed by atoms with van der Waals surface area (Å²) in [4.78, 5) is 5.50. The summed E-state index contributed by atoms with van der Waals surface area (Å²) < 4.78 is 13.5. The van der Waals surface area contributed by atoms with Crippen LogP contribution in [0.2, 0.25) is 0 Å². The number of halogens is 2. The van der Waals surface area contributed by atoms with Crippen LogP contribution in [0, 0.1) is 5.95 Å². The molecule has 1 aromatic rings. The van der Waals surface area contributed by atoms with Crippen LogP contribution in [0.5, 0.6) is 0 Å². The Kier molecular flexibility index (Phi) is 2.73. The molecule has 2 heterocycles. The van der Waals surface area contributed by atoms with E-state index in [1.54, 1.807) is 18.2 Å². The Balaban J connectivity index is 2.54. The van der Waals surface area contributed by atoms with Crippen LogP contribution in [0.15, 0.2) is 35.5 Å². The summed E-state index contributed by atoms with van der Waals surface area (Å²) in [5, 5.41) is 0.538. The monoisotopic (exact) mass is 224 g/mol. The smallest absolute Gasteiger partial charge is 0.222 e. The molecular formula is C11H10ClFN2. The fraction of sp³-hybridized carbons (Fsp3) is 0.182. The van der Waals surface area contributed by atoms with Gasteiger partial charge < -0.3 is 4.90 Å². The van der Waals surface area contributed by atoms with Crippen molar-refractivity contribution in [2.24, 2.45) is 0 Å². The topological polar surface area (TPSA) is 16.1 Å². The van der Waals surface area contributed by atoms with Gasteiger partial charge in [0.05, 0.1) is 16.3 Å². The zero-order valence-electron chi connectivity index (χ0n) is 8.24. The molecular weight excluding hydrogens is 215 g/mol. The highest BCUT2D eigenvalue weighted by atomic mass is 35.5. The molecule has 2 rings (SSSR count). The van der Waals surface area contributed by atoms with E-state index in [9.17, 15) is 4.39 Å². The highest BCUT2D eigenvalue weighted by Crippen LogP contribution is 2.28. The third-order valence-corrected chi connectivity index (χ3v) is 2.57. The number of rotatable bonds is 1. The highest BCUT2D eigenvalue weighted by Gasteiger charge is 2.17. The predicted octanol–water partition coefficient (Wildman–Crippen LogP) is 2.63. The first kappa shape index (κ1) is 10.2. The van der Waals surface area contributed by atoms with E-state index < -0.39 is 5.95 Å². The zero-order chi connectivity index (χ0) is 10.8. The van der Waals surface area contributed by atoms with Crippen LogP contribution < -0.4 is 0 Å². The minimum atomic E-state index is -0.493. The maximum absolute atomic E-state index is 13.5. The minimum Gasteiger partial charge on any atom is -0.369 e. The van der Waals surface area contributed by atoms with Crippen LogP contribution in [0.4, 0.5) is 4.39 Å². The number of nitrogens with zero attached hydrogens (tertiary/aromatic N) is 2. The zero-order valence-corrected chi connectivity index (χ0v) is 9.00. The third-order valence-electron chi connectivity index (χ3n) is 2.27. The number of hydrogen-bond acceptors (Lipinski definition) is 2. The van der Waals surface area contributed by atoms with E-state index in [2.05, 4.69) is 4.98 Å². The summed E-state index contributed by atoms with van der Waals surface area (Å²) >= 11 is 6.04. The molecule has 0 N–H and O–H groups in total. The van der Waals surface area contributed by atoms with Gasteiger partial charge in [0.15, 0.2) is 0 Å². The van der Waals surface area contributed by atoms with E-state index in [0.29, 0.717) is 16.3 Å². The maximum atomic E-state index is 13.5. The summed E-state index contributed by atoms with van der Waals surface area (Å²) in [5.41, 5.74) is 1.12. The molecule has 2 nitrogen and oxygen atoms in total. The number of pyridine rings is 1. The molecule has 0 bridgehead atoms. The molecule has 0 fully saturated rings. The summed E-state index contributed by atoms with van der Waals surface area (Å²) in [6.07, 6.45) is 5.13. The second-order valence-electron chi connectivity index (χ2n) is 3.32. The van der Waals surface area contributed by atoms with Crippen molar-refractivity contribution in [3.8, 4) is 0 Å². The Morgan fingerprint density at radius 3 is 3.00 bits per heavy atom. The van der Waals surface area contributed by atoms with Gasteiger partial charge in [-0.05, 0) is 18.2 Å². The van der Waals surface area contributed by atoms with Crippen molar-refractivity contribution in [1.82, 2.24) is 9.88 Å². The molecule has 0 atom stereocenters. The van der Waals surface area contributed by atoms with Crippen molar-refractivity contribution < 1.29 is 4.39 Å². The molecule has 0 radical (unpaired) electrons. The lowest BCUT2D eigenvalue weighted by molar-refractivity contribution is 0.515. The van der Waals surface area contributed by atoms with Gasteiger partial charge >= 0.3 is 0 Å². The second kappa shape index (κ2) is 4.03. The molecule has 0 saturated carbocycles. The first-order chi connectivity index (χ1) is 7.20. The highest BCUT2D eigenvalue weighted by molar-refractivity contribution is 6.34. The molecule has 0 amide bonds. The number of likely N-dealkylation sites (N-methyl/N-ethyl adjacent to an activating group) is 1. The molecule has 1 aliphatic heterocycles. The van der Waals surface area contributed by atoms with Crippen molar-refractivity contribution >= 4 is 17.3 Å². The molecule has 1 aromatic heterocycles. The van der Waals surface area contributed by atoms with Crippen LogP contribution in [0.25, 0.3) is 5.70 Å². The van der Waals surface area contributed by atoms with Crippen molar-refractivity contribution in [1.29, 1.82) is 0 Å². The summed E-state index contributed by atoms with van der Waals surface area (Å²) in [7, 11) is 1.87. The van der Waals surface area contributed by atoms with Gasteiger partial charge in [0.2, 0.25) is 5.95 Å². The fourth-order valence-corrected chi connectivity index (χ4v) is 1.90. The van der Waals surface area contributed by atoms with E-state index in [1.165, 1.54) is 6.20 Å². The van der Waals surface area contributed by atoms with E-state index in [1.807, 2.05) is 18.0 Å². The van der Waals surface area contributed by atoms with Crippen molar-refractivity contribution in [3.05, 3.63) is 47.0 Å². The van der Waals surface area contributed by atoms with Crippen molar-refractivity contribution in [2.75, 3.05) is 13.6 Å². The Labute approximate surface area is 92.7 Å². The van der Waals surface area contributed by atoms with Crippen LogP contribution in [0.1, 0.15) is 5.56 Å². The standard InChI is InChI=1S/C11H10ClFN2/c1-15-7-3-5-9(12)10(15)8-4-2-6-14-11(8)13/h2-6H,7H2,1H3. The van der Waals surface area contributed by atoms with Crippen molar-refractivity contribution in [3.63, 3.8) is 0 Å². The lowest BCUT2D eigenvalue weighted by atomic mass is 10.1. The molecule has 0 spiro atoms. The van der Waals surface area contributed by atoms with Gasteiger partial charge in [-0.25, -0.2) is 4.98 Å². The fourth-order valence-electron chi connectivity index (χ4n) is 1.56. The molecule has 15 heavy (non-hydrogen) atoms. The molecule has 1 aliphatic rings. The summed E-state index contributed by atoms with van der Waals surface area (Å²) in [6, 6.07) is 3.37. The normalized spacial score (nSPS) is 16.1. The summed E-state index contributed by atoms with van der Waals surface area (Å²) in [6.45, 7) is 0.722. The Morgan fingerprint density at radius 2 is 2.33 bits per heavy atom. The van der Waals surface area contributed by atoms with Gasteiger partial charge in [0.1, 0.15) is 0 Å². The quantitative estimate of drug-likeness (QED) is 0.682. The largest absolute Gasteiger partial charge is 0.369 e. The van der Waals surface area contributed by atoms with Gasteiger partial charge in [0, 0.05) is 19.8 Å². The number of allylic oxidation sites excluding steroid dienone is 2. The number of hydrogen-bond donors (Lipinski definition) is 0. The van der Waals surface area contributed by atoms with E-state index in [-0.39, 0.29) is 0 Å². The Hall–Kier alpha value is -1.35. The Bertz CT molecular complexity index is 440. The van der Waals surface area contributed by atoms with Crippen LogP contribution in [0.3, 0.4) is 0 Å². The third kappa shape index (κ3) is 1.88. The van der Waals surface area contributed by atoms with Gasteiger partial charge in [-0.3, -0.25) is 0 Å². The predicted molar refractivity (Wildman–Crippen MR) is 58.7 cm³/mol. The molecule has 78 valence electrons. The van der Waals surface area contributed by atoms with Gasteiger partial charge in [-0.2, -0.15) is 4.39 Å². The SMILES string of the molecule is CN1CC=CC(Cl)=C1c1cccnc1F. The van der Waals surface area contributed by atoms with E-state index >= 15 is 0 Å². The molecule has 0 aromatic carbocycles. The number of aromatic nitrogens is 1. The van der Waals surface area contributed by atoms with Gasteiger partial charge in [-0.15, -0.1) is 0 Å². The van der Waals surface area contributed by atoms with E-state index in [4.69, 9.17) is 11.6 Å². The first-order valence-corrected chi connectivity index (χ1v) is 4.96. The molecule has 4 heteroatoms. The van der Waals surface area contributed by atoms with Crippen LogP contribution in [-0.2, 0) is 0 Å². The average Bonchev–Trinajstić information content (AvgIpc) is 2.20. The van der Waals surface area contributed by atoms with Crippen LogP contribution in [-0.4, -0.2) is 23.5 Å². The minimum absolute atomic E-state index is 0.439. The maximum Gasteiger partial charge on any atom is 0.222 e.